The number of nitrogens with zero attached hydrogens (tertiary/aromatic N) is 2. The number of carboxylic acids is 1. The molecular weight excluding hydrogens is 354 g/mol. The Labute approximate surface area is 156 Å². The molecule has 2 heterocycles. The molecule has 27 heavy (non-hydrogen) atoms. The first-order chi connectivity index (χ1) is 13.0. The van der Waals surface area contributed by atoms with Gasteiger partial charge in [-0.15, -0.1) is 0 Å². The fraction of sp³-hybridized carbons (Fsp3) is 0.556. The van der Waals surface area contributed by atoms with Gasteiger partial charge < -0.3 is 24.6 Å². The zero-order valence-electron chi connectivity index (χ0n) is 14.9. The molecule has 1 saturated heterocycles. The van der Waals surface area contributed by atoms with Gasteiger partial charge in [-0.2, -0.15) is 0 Å². The average Bonchev–Trinajstić information content (AvgIpc) is 3.19. The highest BCUT2D eigenvalue weighted by Crippen LogP contribution is 2.38. The predicted molar refractivity (Wildman–Crippen MR) is 92.7 cm³/mol. The second-order valence-electron chi connectivity index (χ2n) is 6.81. The molecule has 9 heteroatoms. The zero-order chi connectivity index (χ0) is 19.4. The highest BCUT2D eigenvalue weighted by Gasteiger charge is 2.39. The van der Waals surface area contributed by atoms with Crippen LogP contribution in [-0.4, -0.2) is 52.3 Å². The molecule has 0 aromatic carbocycles. The molecule has 146 valence electrons. The van der Waals surface area contributed by atoms with Gasteiger partial charge in [0.05, 0.1) is 6.04 Å². The SMILES string of the molecule is C=CCOC(=O)NC(Cc1cc(C2CCCN2C(=O)C2CC2)no1)C(=O)O. The van der Waals surface area contributed by atoms with Gasteiger partial charge in [-0.25, -0.2) is 9.59 Å². The lowest BCUT2D eigenvalue weighted by molar-refractivity contribution is -0.139. The number of hydrogen-bond donors (Lipinski definition) is 2. The Bertz CT molecular complexity index is 726. The fourth-order valence-electron chi connectivity index (χ4n) is 3.20. The van der Waals surface area contributed by atoms with E-state index in [1.54, 1.807) is 6.07 Å². The van der Waals surface area contributed by atoms with Crippen LogP contribution in [0.15, 0.2) is 23.2 Å². The van der Waals surface area contributed by atoms with Gasteiger partial charge in [0.2, 0.25) is 5.91 Å². The maximum Gasteiger partial charge on any atom is 0.408 e. The molecule has 2 fully saturated rings. The summed E-state index contributed by atoms with van der Waals surface area (Å²) >= 11 is 0. The third-order valence-electron chi connectivity index (χ3n) is 4.71. The molecule has 2 amide bonds. The molecule has 3 rings (SSSR count). The molecule has 1 aromatic rings. The topological polar surface area (TPSA) is 122 Å². The molecule has 9 nitrogen and oxygen atoms in total. The normalized spacial score (nSPS) is 20.1. The lowest BCUT2D eigenvalue weighted by atomic mass is 10.1. The first kappa shape index (κ1) is 18.9. The summed E-state index contributed by atoms with van der Waals surface area (Å²) in [6, 6.07) is 0.316. The summed E-state index contributed by atoms with van der Waals surface area (Å²) in [6.07, 6.45) is 4.06. The van der Waals surface area contributed by atoms with Gasteiger partial charge in [0.1, 0.15) is 24.1 Å². The van der Waals surface area contributed by atoms with Crippen molar-refractivity contribution in [1.29, 1.82) is 0 Å². The maximum atomic E-state index is 12.4. The summed E-state index contributed by atoms with van der Waals surface area (Å²) in [7, 11) is 0. The van der Waals surface area contributed by atoms with Crippen molar-refractivity contribution in [3.8, 4) is 0 Å². The summed E-state index contributed by atoms with van der Waals surface area (Å²) in [5.41, 5.74) is 0.620. The van der Waals surface area contributed by atoms with Crippen LogP contribution in [0.25, 0.3) is 0 Å². The first-order valence-corrected chi connectivity index (χ1v) is 9.02. The summed E-state index contributed by atoms with van der Waals surface area (Å²) in [5, 5.41) is 15.6. The number of hydrogen-bond acceptors (Lipinski definition) is 6. The number of rotatable bonds is 8. The molecule has 1 aliphatic carbocycles. The van der Waals surface area contributed by atoms with Gasteiger partial charge in [-0.3, -0.25) is 4.79 Å². The molecule has 1 aliphatic heterocycles. The van der Waals surface area contributed by atoms with Crippen LogP contribution < -0.4 is 5.32 Å². The van der Waals surface area contributed by atoms with Gasteiger partial charge in [0.25, 0.3) is 0 Å². The average molecular weight is 377 g/mol. The van der Waals surface area contributed by atoms with E-state index in [0.717, 1.165) is 25.7 Å². The van der Waals surface area contributed by atoms with Gasteiger partial charge in [0, 0.05) is 24.9 Å². The lowest BCUT2D eigenvalue weighted by Gasteiger charge is -2.22. The number of ether oxygens (including phenoxy) is 1. The van der Waals surface area contributed by atoms with E-state index in [1.807, 2.05) is 4.90 Å². The van der Waals surface area contributed by atoms with E-state index in [4.69, 9.17) is 9.26 Å². The Balaban J connectivity index is 1.63. The highest BCUT2D eigenvalue weighted by atomic mass is 16.5. The molecule has 2 aliphatic rings. The number of aromatic nitrogens is 1. The largest absolute Gasteiger partial charge is 0.480 e. The van der Waals surface area contributed by atoms with Crippen LogP contribution in [0.2, 0.25) is 0 Å². The Morgan fingerprint density at radius 1 is 1.44 bits per heavy atom. The van der Waals surface area contributed by atoms with Crippen molar-refractivity contribution in [2.75, 3.05) is 13.2 Å². The number of carbonyl (C=O) groups excluding carboxylic acids is 2. The van der Waals surface area contributed by atoms with Crippen molar-refractivity contribution >= 4 is 18.0 Å². The van der Waals surface area contributed by atoms with Gasteiger partial charge in [-0.1, -0.05) is 17.8 Å². The number of aliphatic carboxylic acids is 1. The van der Waals surface area contributed by atoms with E-state index >= 15 is 0 Å². The van der Waals surface area contributed by atoms with Crippen molar-refractivity contribution in [2.45, 2.75) is 44.2 Å². The van der Waals surface area contributed by atoms with Gasteiger partial charge in [0.15, 0.2) is 0 Å². The number of nitrogens with one attached hydrogen (secondary N) is 1. The number of amides is 2. The summed E-state index contributed by atoms with van der Waals surface area (Å²) < 4.78 is 10.0. The molecule has 2 unspecified atom stereocenters. The Kier molecular flexibility index (Phi) is 5.78. The summed E-state index contributed by atoms with van der Waals surface area (Å²) in [5.74, 6) is -0.585. The summed E-state index contributed by atoms with van der Waals surface area (Å²) in [6.45, 7) is 4.10. The molecule has 0 radical (unpaired) electrons. The van der Waals surface area contributed by atoms with Gasteiger partial charge >= 0.3 is 12.1 Å². The second kappa shape index (κ2) is 8.24. The van der Waals surface area contributed by atoms with E-state index < -0.39 is 18.1 Å². The maximum absolute atomic E-state index is 12.4. The van der Waals surface area contributed by atoms with Crippen LogP contribution in [0.5, 0.6) is 0 Å². The summed E-state index contributed by atoms with van der Waals surface area (Å²) in [4.78, 5) is 37.2. The van der Waals surface area contributed by atoms with E-state index in [9.17, 15) is 19.5 Å². The van der Waals surface area contributed by atoms with Crippen molar-refractivity contribution in [2.24, 2.45) is 5.92 Å². The minimum atomic E-state index is -1.21. The van der Waals surface area contributed by atoms with Crippen LogP contribution in [0, 0.1) is 5.92 Å². The molecule has 2 N–H and O–H groups in total. The minimum absolute atomic E-state index is 0.0167. The van der Waals surface area contributed by atoms with E-state index in [0.29, 0.717) is 18.0 Å². The third kappa shape index (κ3) is 4.66. The van der Waals surface area contributed by atoms with Crippen LogP contribution in [0.3, 0.4) is 0 Å². The number of carbonyl (C=O) groups is 3. The van der Waals surface area contributed by atoms with E-state index in [-0.39, 0.29) is 30.9 Å². The Hall–Kier alpha value is -2.84. The van der Waals surface area contributed by atoms with Crippen LogP contribution >= 0.6 is 0 Å². The fourth-order valence-corrected chi connectivity index (χ4v) is 3.20. The first-order valence-electron chi connectivity index (χ1n) is 9.02. The Morgan fingerprint density at radius 3 is 2.89 bits per heavy atom. The van der Waals surface area contributed by atoms with E-state index in [2.05, 4.69) is 17.1 Å². The Morgan fingerprint density at radius 2 is 2.22 bits per heavy atom. The molecule has 2 atom stereocenters. The van der Waals surface area contributed by atoms with E-state index in [1.165, 1.54) is 6.08 Å². The minimum Gasteiger partial charge on any atom is -0.480 e. The zero-order valence-corrected chi connectivity index (χ0v) is 14.9. The predicted octanol–water partition coefficient (Wildman–Crippen LogP) is 1.66. The van der Waals surface area contributed by atoms with Crippen molar-refractivity contribution in [3.05, 3.63) is 30.2 Å². The quantitative estimate of drug-likeness (QED) is 0.661. The third-order valence-corrected chi connectivity index (χ3v) is 4.71. The highest BCUT2D eigenvalue weighted by molar-refractivity contribution is 5.82. The van der Waals surface area contributed by atoms with Crippen molar-refractivity contribution < 1.29 is 28.8 Å². The molecule has 1 aromatic heterocycles. The van der Waals surface area contributed by atoms with Crippen molar-refractivity contribution in [1.82, 2.24) is 15.4 Å². The number of alkyl carbamates (subject to hydrolysis) is 1. The molecular formula is C18H23N3O6. The number of likely N-dealkylation sites (tertiary alicyclic amines) is 1. The van der Waals surface area contributed by atoms with Crippen molar-refractivity contribution in [3.63, 3.8) is 0 Å². The molecule has 0 spiro atoms. The van der Waals surface area contributed by atoms with Crippen LogP contribution in [-0.2, 0) is 20.7 Å². The smallest absolute Gasteiger partial charge is 0.408 e. The molecule has 1 saturated carbocycles. The lowest BCUT2D eigenvalue weighted by Crippen LogP contribution is -2.42. The van der Waals surface area contributed by atoms with Crippen LogP contribution in [0.4, 0.5) is 4.79 Å². The van der Waals surface area contributed by atoms with Crippen LogP contribution in [0.1, 0.15) is 43.2 Å². The number of carboxylic acid groups (broad SMARTS) is 1. The monoisotopic (exact) mass is 377 g/mol. The second-order valence-corrected chi connectivity index (χ2v) is 6.81. The standard InChI is InChI=1S/C18H23N3O6/c1-2-8-26-18(25)19-14(17(23)24)10-12-9-13(20-27-12)15-4-3-7-21(15)16(22)11-5-6-11/h2,9,11,14-15H,1,3-8,10H2,(H,19,25)(H,23,24). The van der Waals surface area contributed by atoms with Gasteiger partial charge in [-0.05, 0) is 25.7 Å². The molecule has 0 bridgehead atoms.